The van der Waals surface area contributed by atoms with Crippen molar-refractivity contribution in [3.63, 3.8) is 0 Å². The lowest BCUT2D eigenvalue weighted by Gasteiger charge is -2.46. The topological polar surface area (TPSA) is 15.7 Å². The predicted molar refractivity (Wildman–Crippen MR) is 229 cm³/mol. The van der Waals surface area contributed by atoms with Gasteiger partial charge in [-0.25, -0.2) is 0 Å². The second-order valence-electron chi connectivity index (χ2n) is 15.1. The highest BCUT2D eigenvalue weighted by molar-refractivity contribution is 5.98. The number of aryl methyl sites for hydroxylation is 1. The third kappa shape index (κ3) is 5.42. The van der Waals surface area contributed by atoms with Crippen molar-refractivity contribution in [3.8, 4) is 44.9 Å². The van der Waals surface area contributed by atoms with Crippen LogP contribution in [0.2, 0.25) is 0 Å². The van der Waals surface area contributed by atoms with Crippen LogP contribution in [0.3, 0.4) is 0 Å². The third-order valence-corrected chi connectivity index (χ3v) is 11.3. The number of nitrogens with zero attached hydrogens (tertiary/aromatic N) is 2. The van der Waals surface area contributed by atoms with Gasteiger partial charge in [0.1, 0.15) is 0 Å². The number of ether oxygens (including phenoxy) is 1. The average molecular weight is 709 g/mol. The average Bonchev–Trinajstić information content (AvgIpc) is 3.23. The molecule has 2 aliphatic rings. The molecule has 0 saturated heterocycles. The van der Waals surface area contributed by atoms with Gasteiger partial charge in [0.15, 0.2) is 11.5 Å². The lowest BCUT2D eigenvalue weighted by molar-refractivity contribution is 0.471. The summed E-state index contributed by atoms with van der Waals surface area (Å²) < 4.78 is 6.69. The minimum atomic E-state index is -0.278. The number of anilines is 6. The molecule has 8 aromatic carbocycles. The summed E-state index contributed by atoms with van der Waals surface area (Å²) in [5.41, 5.74) is 17.4. The van der Waals surface area contributed by atoms with Crippen molar-refractivity contribution in [2.24, 2.45) is 0 Å². The van der Waals surface area contributed by atoms with Crippen molar-refractivity contribution >= 4 is 34.1 Å². The molecule has 0 amide bonds. The highest BCUT2D eigenvalue weighted by Crippen LogP contribution is 2.62. The van der Waals surface area contributed by atoms with Crippen LogP contribution in [0.1, 0.15) is 30.5 Å². The summed E-state index contributed by atoms with van der Waals surface area (Å²) in [7, 11) is 0. The summed E-state index contributed by atoms with van der Waals surface area (Å²) in [5.74, 6) is 1.78. The maximum Gasteiger partial charge on any atom is 0.151 e. The summed E-state index contributed by atoms with van der Waals surface area (Å²) in [4.78, 5) is 4.78. The molecule has 3 heteroatoms. The van der Waals surface area contributed by atoms with Gasteiger partial charge < -0.3 is 14.5 Å². The molecule has 2 heterocycles. The van der Waals surface area contributed by atoms with Crippen LogP contribution >= 0.6 is 0 Å². The Morgan fingerprint density at radius 1 is 0.455 bits per heavy atom. The van der Waals surface area contributed by atoms with Crippen LogP contribution in [-0.4, -0.2) is 0 Å². The smallest absolute Gasteiger partial charge is 0.151 e. The first-order chi connectivity index (χ1) is 27.0. The van der Waals surface area contributed by atoms with E-state index in [-0.39, 0.29) is 5.41 Å². The van der Waals surface area contributed by atoms with Gasteiger partial charge in [0, 0.05) is 22.5 Å². The van der Waals surface area contributed by atoms with E-state index in [0.29, 0.717) is 0 Å². The molecule has 0 aliphatic carbocycles. The first-order valence-corrected chi connectivity index (χ1v) is 19.0. The molecule has 8 aromatic rings. The maximum atomic E-state index is 6.69. The summed E-state index contributed by atoms with van der Waals surface area (Å²) >= 11 is 0. The normalized spacial score (nSPS) is 13.3. The molecule has 0 spiro atoms. The van der Waals surface area contributed by atoms with Crippen LogP contribution in [0.15, 0.2) is 188 Å². The molecular formula is C52H40N2O. The highest BCUT2D eigenvalue weighted by atomic mass is 16.5. The van der Waals surface area contributed by atoms with Gasteiger partial charge in [-0.1, -0.05) is 141 Å². The molecule has 3 nitrogen and oxygen atoms in total. The van der Waals surface area contributed by atoms with Crippen LogP contribution in [0.5, 0.6) is 11.5 Å². The van der Waals surface area contributed by atoms with E-state index in [9.17, 15) is 0 Å². The lowest BCUT2D eigenvalue weighted by Crippen LogP contribution is -2.33. The summed E-state index contributed by atoms with van der Waals surface area (Å²) in [6.07, 6.45) is 0. The molecule has 0 saturated carbocycles. The second kappa shape index (κ2) is 12.9. The van der Waals surface area contributed by atoms with Crippen LogP contribution < -0.4 is 14.5 Å². The molecule has 0 atom stereocenters. The minimum absolute atomic E-state index is 0.278. The van der Waals surface area contributed by atoms with Gasteiger partial charge in [-0.05, 0) is 118 Å². The Balaban J connectivity index is 1.08. The fourth-order valence-electron chi connectivity index (χ4n) is 8.70. The van der Waals surface area contributed by atoms with Crippen LogP contribution in [0, 0.1) is 6.92 Å². The number of fused-ring (bicyclic) bond motifs is 4. The Bertz CT molecular complexity index is 2720. The summed E-state index contributed by atoms with van der Waals surface area (Å²) in [6, 6.07) is 67.6. The Hall–Kier alpha value is -6.84. The van der Waals surface area contributed by atoms with Crippen molar-refractivity contribution in [3.05, 3.63) is 205 Å². The van der Waals surface area contributed by atoms with Gasteiger partial charge in [-0.3, -0.25) is 0 Å². The molecule has 2 aliphatic heterocycles. The SMILES string of the molecule is Cc1cccc2c1N1c3ccccc3C(C)(C)c3c(-c4cccc(-c5cccc(N(c6ccccc6)c6ccc(-c7ccccc7)cc6)c5)c4)ccc(c31)O2. The van der Waals surface area contributed by atoms with E-state index in [1.54, 1.807) is 0 Å². The lowest BCUT2D eigenvalue weighted by atomic mass is 9.70. The molecule has 0 fully saturated rings. The zero-order valence-corrected chi connectivity index (χ0v) is 31.2. The molecule has 0 aromatic heterocycles. The largest absolute Gasteiger partial charge is 0.453 e. The third-order valence-electron chi connectivity index (χ3n) is 11.3. The molecule has 0 radical (unpaired) electrons. The van der Waals surface area contributed by atoms with E-state index in [1.807, 2.05) is 0 Å². The molecule has 0 N–H and O–H groups in total. The Labute approximate surface area is 323 Å². The number of hydrogen-bond acceptors (Lipinski definition) is 3. The molecule has 10 rings (SSSR count). The van der Waals surface area contributed by atoms with Crippen molar-refractivity contribution in [2.45, 2.75) is 26.2 Å². The Kier molecular flexibility index (Phi) is 7.71. The van der Waals surface area contributed by atoms with Gasteiger partial charge in [-0.15, -0.1) is 0 Å². The standard InChI is InChI=1S/C52H40N2O/c1-35-15-12-26-47-50(35)54-46-25-11-10-24-45(46)52(2,3)49-44(31-32-48(55-47)51(49)54)40-20-13-18-38(33-40)39-19-14-23-43(34-39)53(41-21-8-5-9-22-41)42-29-27-37(28-30-42)36-16-6-4-7-17-36/h4-34H,1-3H3. The van der Waals surface area contributed by atoms with Crippen LogP contribution in [-0.2, 0) is 5.41 Å². The number of hydrogen-bond donors (Lipinski definition) is 0. The Morgan fingerprint density at radius 3 is 1.84 bits per heavy atom. The number of para-hydroxylation sites is 3. The van der Waals surface area contributed by atoms with Crippen molar-refractivity contribution in [2.75, 3.05) is 9.80 Å². The van der Waals surface area contributed by atoms with Gasteiger partial charge in [0.2, 0.25) is 0 Å². The Morgan fingerprint density at radius 2 is 1.04 bits per heavy atom. The van der Waals surface area contributed by atoms with Crippen molar-refractivity contribution < 1.29 is 4.74 Å². The molecule has 0 bridgehead atoms. The summed E-state index contributed by atoms with van der Waals surface area (Å²) in [5, 5.41) is 0. The first kappa shape index (κ1) is 32.8. The maximum absolute atomic E-state index is 6.69. The fraction of sp³-hybridized carbons (Fsp3) is 0.0769. The number of benzene rings is 8. The fourth-order valence-corrected chi connectivity index (χ4v) is 8.70. The predicted octanol–water partition coefficient (Wildman–Crippen LogP) is 14.7. The first-order valence-electron chi connectivity index (χ1n) is 19.0. The van der Waals surface area contributed by atoms with E-state index in [1.165, 1.54) is 50.2 Å². The van der Waals surface area contributed by atoms with E-state index in [0.717, 1.165) is 45.5 Å². The molecule has 264 valence electrons. The monoisotopic (exact) mass is 708 g/mol. The van der Waals surface area contributed by atoms with Crippen LogP contribution in [0.4, 0.5) is 34.1 Å². The second-order valence-corrected chi connectivity index (χ2v) is 15.1. The van der Waals surface area contributed by atoms with Crippen molar-refractivity contribution in [1.82, 2.24) is 0 Å². The quantitative estimate of drug-likeness (QED) is 0.171. The van der Waals surface area contributed by atoms with E-state index < -0.39 is 0 Å². The van der Waals surface area contributed by atoms with E-state index in [4.69, 9.17) is 4.74 Å². The van der Waals surface area contributed by atoms with E-state index >= 15 is 0 Å². The van der Waals surface area contributed by atoms with Gasteiger partial charge in [0.25, 0.3) is 0 Å². The molecular weight excluding hydrogens is 669 g/mol. The van der Waals surface area contributed by atoms with E-state index in [2.05, 4.69) is 219 Å². The van der Waals surface area contributed by atoms with Crippen LogP contribution in [0.25, 0.3) is 33.4 Å². The van der Waals surface area contributed by atoms with Gasteiger partial charge in [-0.2, -0.15) is 0 Å². The van der Waals surface area contributed by atoms with Gasteiger partial charge in [0.05, 0.1) is 17.1 Å². The zero-order valence-electron chi connectivity index (χ0n) is 31.2. The van der Waals surface area contributed by atoms with Gasteiger partial charge >= 0.3 is 0 Å². The minimum Gasteiger partial charge on any atom is -0.453 e. The highest BCUT2D eigenvalue weighted by Gasteiger charge is 2.43. The zero-order chi connectivity index (χ0) is 37.1. The summed E-state index contributed by atoms with van der Waals surface area (Å²) in [6.45, 7) is 6.89. The molecule has 0 unspecified atom stereocenters. The molecule has 55 heavy (non-hydrogen) atoms. The van der Waals surface area contributed by atoms with Crippen molar-refractivity contribution in [1.29, 1.82) is 0 Å². The number of rotatable bonds is 6.